The molecule has 0 fully saturated rings. The Morgan fingerprint density at radius 1 is 1.53 bits per heavy atom. The summed E-state index contributed by atoms with van der Waals surface area (Å²) in [5.74, 6) is -0.551. The summed E-state index contributed by atoms with van der Waals surface area (Å²) < 4.78 is 27.3. The lowest BCUT2D eigenvalue weighted by molar-refractivity contribution is -0.119. The number of nitrogens with one attached hydrogen (secondary N) is 1. The number of carbonyl (C=O) groups is 1. The Labute approximate surface area is 113 Å². The average molecular weight is 341 g/mol. The monoisotopic (exact) mass is 340 g/mol. The van der Waals surface area contributed by atoms with Crippen molar-refractivity contribution in [2.24, 2.45) is 5.73 Å². The summed E-state index contributed by atoms with van der Waals surface area (Å²) >= 11 is 4.30. The standard InChI is InChI=1S/C9H13BrN2O3S2/c1-9(2,5-7(11)13)12-17(14,15)8-4-3-6(10)16-8/h3-4,12H,5H2,1-2H3,(H2,11,13). The maximum Gasteiger partial charge on any atom is 0.250 e. The molecule has 1 aromatic heterocycles. The third-order valence-corrected chi connectivity index (χ3v) is 5.65. The van der Waals surface area contributed by atoms with Gasteiger partial charge in [-0.15, -0.1) is 11.3 Å². The highest BCUT2D eigenvalue weighted by Crippen LogP contribution is 2.27. The van der Waals surface area contributed by atoms with Gasteiger partial charge >= 0.3 is 0 Å². The lowest BCUT2D eigenvalue weighted by Gasteiger charge is -2.23. The van der Waals surface area contributed by atoms with Crippen LogP contribution in [0.3, 0.4) is 0 Å². The molecule has 0 aromatic carbocycles. The molecule has 1 aromatic rings. The van der Waals surface area contributed by atoms with Crippen LogP contribution in [-0.4, -0.2) is 19.9 Å². The van der Waals surface area contributed by atoms with Crippen molar-refractivity contribution in [1.82, 2.24) is 4.72 Å². The van der Waals surface area contributed by atoms with Crippen LogP contribution in [-0.2, 0) is 14.8 Å². The molecule has 96 valence electrons. The molecule has 0 radical (unpaired) electrons. The van der Waals surface area contributed by atoms with Crippen LogP contribution in [0.1, 0.15) is 20.3 Å². The van der Waals surface area contributed by atoms with E-state index in [2.05, 4.69) is 20.7 Å². The molecule has 0 aliphatic heterocycles. The van der Waals surface area contributed by atoms with Gasteiger partial charge in [0.1, 0.15) is 4.21 Å². The van der Waals surface area contributed by atoms with Gasteiger partial charge in [-0.1, -0.05) is 0 Å². The number of halogens is 1. The second-order valence-electron chi connectivity index (χ2n) is 4.19. The molecular formula is C9H13BrN2O3S2. The Balaban J connectivity index is 2.90. The number of rotatable bonds is 5. The van der Waals surface area contributed by atoms with E-state index in [4.69, 9.17) is 5.73 Å². The van der Waals surface area contributed by atoms with Crippen molar-refractivity contribution in [3.8, 4) is 0 Å². The Kier molecular flexibility index (Phi) is 4.34. The second-order valence-corrected chi connectivity index (χ2v) is 8.56. The van der Waals surface area contributed by atoms with E-state index in [1.807, 2.05) is 0 Å². The van der Waals surface area contributed by atoms with Crippen molar-refractivity contribution < 1.29 is 13.2 Å². The fourth-order valence-electron chi connectivity index (χ4n) is 1.33. The first-order valence-electron chi connectivity index (χ1n) is 4.70. The minimum absolute atomic E-state index is 0.0568. The Morgan fingerprint density at radius 2 is 2.12 bits per heavy atom. The topological polar surface area (TPSA) is 89.3 Å². The molecule has 0 saturated heterocycles. The lowest BCUT2D eigenvalue weighted by Crippen LogP contribution is -2.45. The van der Waals surface area contributed by atoms with Crippen molar-refractivity contribution in [1.29, 1.82) is 0 Å². The van der Waals surface area contributed by atoms with Crippen LogP contribution in [0.15, 0.2) is 20.1 Å². The predicted octanol–water partition coefficient (Wildman–Crippen LogP) is 1.44. The molecule has 0 unspecified atom stereocenters. The van der Waals surface area contributed by atoms with Gasteiger partial charge in [-0.2, -0.15) is 0 Å². The Morgan fingerprint density at radius 3 is 2.53 bits per heavy atom. The summed E-state index contributed by atoms with van der Waals surface area (Å²) in [6.45, 7) is 3.22. The number of primary amides is 1. The molecule has 1 amide bonds. The molecule has 0 atom stereocenters. The Bertz CT molecular complexity index is 522. The van der Waals surface area contributed by atoms with Crippen LogP contribution in [0.2, 0.25) is 0 Å². The maximum atomic E-state index is 12.0. The summed E-state index contributed by atoms with van der Waals surface area (Å²) in [7, 11) is -3.61. The maximum absolute atomic E-state index is 12.0. The molecule has 0 saturated carbocycles. The number of hydrogen-bond donors (Lipinski definition) is 2. The fourth-order valence-corrected chi connectivity index (χ4v) is 4.75. The first kappa shape index (κ1) is 14.6. The van der Waals surface area contributed by atoms with Gasteiger partial charge in [0.15, 0.2) is 0 Å². The normalized spacial score (nSPS) is 12.6. The summed E-state index contributed by atoms with van der Waals surface area (Å²) in [6.07, 6.45) is -0.0568. The number of amides is 1. The van der Waals surface area contributed by atoms with Gasteiger partial charge < -0.3 is 5.73 Å². The van der Waals surface area contributed by atoms with E-state index in [0.717, 1.165) is 15.1 Å². The van der Waals surface area contributed by atoms with Gasteiger partial charge in [0.05, 0.1) is 3.79 Å². The van der Waals surface area contributed by atoms with E-state index in [9.17, 15) is 13.2 Å². The lowest BCUT2D eigenvalue weighted by atomic mass is 10.0. The van der Waals surface area contributed by atoms with E-state index in [-0.39, 0.29) is 10.6 Å². The van der Waals surface area contributed by atoms with Crippen LogP contribution in [0.25, 0.3) is 0 Å². The smallest absolute Gasteiger partial charge is 0.250 e. The molecule has 1 rings (SSSR count). The van der Waals surface area contributed by atoms with Crippen molar-refractivity contribution in [2.75, 3.05) is 0 Å². The van der Waals surface area contributed by atoms with E-state index in [0.29, 0.717) is 0 Å². The first-order valence-corrected chi connectivity index (χ1v) is 7.79. The third-order valence-electron chi connectivity index (χ3n) is 1.84. The molecule has 0 bridgehead atoms. The highest BCUT2D eigenvalue weighted by atomic mass is 79.9. The van der Waals surface area contributed by atoms with Gasteiger partial charge in [-0.05, 0) is 41.9 Å². The zero-order chi connectivity index (χ0) is 13.3. The summed E-state index contributed by atoms with van der Waals surface area (Å²) in [5.41, 5.74) is 4.16. The molecule has 0 aliphatic rings. The van der Waals surface area contributed by atoms with Crippen LogP contribution < -0.4 is 10.5 Å². The van der Waals surface area contributed by atoms with Crippen LogP contribution in [0.4, 0.5) is 0 Å². The van der Waals surface area contributed by atoms with Crippen LogP contribution in [0, 0.1) is 0 Å². The zero-order valence-electron chi connectivity index (χ0n) is 9.36. The molecular weight excluding hydrogens is 328 g/mol. The molecule has 3 N–H and O–H groups in total. The number of hydrogen-bond acceptors (Lipinski definition) is 4. The zero-order valence-corrected chi connectivity index (χ0v) is 12.6. The average Bonchev–Trinajstić information content (AvgIpc) is 2.46. The summed E-state index contributed by atoms with van der Waals surface area (Å²) in [4.78, 5) is 10.8. The number of sulfonamides is 1. The fraction of sp³-hybridized carbons (Fsp3) is 0.444. The molecule has 17 heavy (non-hydrogen) atoms. The van der Waals surface area contributed by atoms with E-state index >= 15 is 0 Å². The third kappa shape index (κ3) is 4.38. The van der Waals surface area contributed by atoms with Crippen LogP contribution >= 0.6 is 27.3 Å². The SMILES string of the molecule is CC(C)(CC(N)=O)NS(=O)(=O)c1ccc(Br)s1. The van der Waals surface area contributed by atoms with Crippen molar-refractivity contribution in [2.45, 2.75) is 30.0 Å². The first-order chi connectivity index (χ1) is 7.62. The minimum Gasteiger partial charge on any atom is -0.370 e. The van der Waals surface area contributed by atoms with Gasteiger partial charge in [-0.25, -0.2) is 13.1 Å². The van der Waals surface area contributed by atoms with Gasteiger partial charge in [0.2, 0.25) is 5.91 Å². The predicted molar refractivity (Wildman–Crippen MR) is 70.2 cm³/mol. The summed E-state index contributed by atoms with van der Waals surface area (Å²) in [5, 5.41) is 0. The minimum atomic E-state index is -3.61. The second kappa shape index (κ2) is 5.05. The molecule has 5 nitrogen and oxygen atoms in total. The number of carbonyl (C=O) groups excluding carboxylic acids is 1. The van der Waals surface area contributed by atoms with E-state index < -0.39 is 21.5 Å². The molecule has 0 spiro atoms. The largest absolute Gasteiger partial charge is 0.370 e. The quantitative estimate of drug-likeness (QED) is 0.849. The summed E-state index contributed by atoms with van der Waals surface area (Å²) in [6, 6.07) is 3.15. The number of thiophene rings is 1. The number of nitrogens with two attached hydrogens (primary N) is 1. The van der Waals surface area contributed by atoms with Crippen molar-refractivity contribution in [3.05, 3.63) is 15.9 Å². The van der Waals surface area contributed by atoms with Crippen molar-refractivity contribution in [3.63, 3.8) is 0 Å². The van der Waals surface area contributed by atoms with Gasteiger partial charge in [0.25, 0.3) is 10.0 Å². The molecule has 0 aliphatic carbocycles. The highest BCUT2D eigenvalue weighted by Gasteiger charge is 2.28. The Hall–Kier alpha value is -0.440. The molecule has 8 heteroatoms. The van der Waals surface area contributed by atoms with Crippen molar-refractivity contribution >= 4 is 43.2 Å². The van der Waals surface area contributed by atoms with E-state index in [1.54, 1.807) is 19.9 Å². The highest BCUT2D eigenvalue weighted by molar-refractivity contribution is 9.11. The van der Waals surface area contributed by atoms with E-state index in [1.165, 1.54) is 6.07 Å². The van der Waals surface area contributed by atoms with Gasteiger partial charge in [-0.3, -0.25) is 4.79 Å². The van der Waals surface area contributed by atoms with Crippen LogP contribution in [0.5, 0.6) is 0 Å². The van der Waals surface area contributed by atoms with Gasteiger partial charge in [0, 0.05) is 12.0 Å². The molecule has 1 heterocycles.